The van der Waals surface area contributed by atoms with E-state index in [0.717, 1.165) is 6.42 Å². The van der Waals surface area contributed by atoms with Crippen molar-refractivity contribution in [1.82, 2.24) is 0 Å². The lowest BCUT2D eigenvalue weighted by atomic mass is 9.92. The van der Waals surface area contributed by atoms with E-state index in [1.165, 1.54) is 0 Å². The van der Waals surface area contributed by atoms with Crippen LogP contribution in [0.3, 0.4) is 0 Å². The lowest BCUT2D eigenvalue weighted by Gasteiger charge is -2.32. The summed E-state index contributed by atoms with van der Waals surface area (Å²) >= 11 is 0. The summed E-state index contributed by atoms with van der Waals surface area (Å²) in [6, 6.07) is 0. The molecule has 3 heteroatoms. The van der Waals surface area contributed by atoms with E-state index >= 15 is 0 Å². The van der Waals surface area contributed by atoms with Gasteiger partial charge in [-0.15, -0.1) is 0 Å². The number of hydrogen-bond donors (Lipinski definition) is 1. The van der Waals surface area contributed by atoms with E-state index in [0.29, 0.717) is 0 Å². The number of ether oxygens (including phenoxy) is 1. The molecule has 3 nitrogen and oxygen atoms in total. The number of methoxy groups -OCH3 is 1. The molecule has 0 amide bonds. The van der Waals surface area contributed by atoms with Crippen LogP contribution in [-0.2, 0) is 9.57 Å². The van der Waals surface area contributed by atoms with E-state index in [2.05, 4.69) is 0 Å². The van der Waals surface area contributed by atoms with E-state index < -0.39 is 0 Å². The molecule has 0 spiro atoms. The Balaban J connectivity index is 4.02. The SMILES string of the molecule is COC(C)(C)CC(C)(C)ON. The van der Waals surface area contributed by atoms with Crippen LogP contribution in [0.4, 0.5) is 0 Å². The van der Waals surface area contributed by atoms with Gasteiger partial charge in [0.1, 0.15) is 0 Å². The molecule has 0 saturated heterocycles. The maximum absolute atomic E-state index is 5.24. The van der Waals surface area contributed by atoms with Crippen LogP contribution >= 0.6 is 0 Å². The predicted molar refractivity (Wildman–Crippen MR) is 45.1 cm³/mol. The van der Waals surface area contributed by atoms with Gasteiger partial charge in [-0.2, -0.15) is 0 Å². The molecule has 0 unspecified atom stereocenters. The second kappa shape index (κ2) is 3.52. The number of rotatable bonds is 4. The highest BCUT2D eigenvalue weighted by atomic mass is 16.6. The van der Waals surface area contributed by atoms with Crippen molar-refractivity contribution in [3.05, 3.63) is 0 Å². The summed E-state index contributed by atoms with van der Waals surface area (Å²) in [7, 11) is 1.69. The molecular weight excluding hydrogens is 142 g/mol. The largest absolute Gasteiger partial charge is 0.379 e. The van der Waals surface area contributed by atoms with Gasteiger partial charge in [-0.1, -0.05) is 0 Å². The summed E-state index contributed by atoms with van der Waals surface area (Å²) < 4.78 is 5.24. The van der Waals surface area contributed by atoms with Gasteiger partial charge in [-0.25, -0.2) is 5.90 Å². The molecule has 11 heavy (non-hydrogen) atoms. The molecule has 2 N–H and O–H groups in total. The smallest absolute Gasteiger partial charge is 0.0865 e. The molecule has 0 aromatic carbocycles. The van der Waals surface area contributed by atoms with Crippen LogP contribution in [0.25, 0.3) is 0 Å². The Morgan fingerprint density at radius 3 is 1.82 bits per heavy atom. The summed E-state index contributed by atoms with van der Waals surface area (Å²) in [5.74, 6) is 5.11. The fourth-order valence-corrected chi connectivity index (χ4v) is 1.14. The summed E-state index contributed by atoms with van der Waals surface area (Å²) in [6.45, 7) is 7.89. The third kappa shape index (κ3) is 4.35. The predicted octanol–water partition coefficient (Wildman–Crippen LogP) is 1.47. The Morgan fingerprint density at radius 1 is 1.09 bits per heavy atom. The number of hydrogen-bond acceptors (Lipinski definition) is 3. The summed E-state index contributed by atoms with van der Waals surface area (Å²) in [4.78, 5) is 4.80. The molecule has 68 valence electrons. The van der Waals surface area contributed by atoms with Gasteiger partial charge in [0, 0.05) is 13.5 Å². The van der Waals surface area contributed by atoms with Crippen LogP contribution in [0, 0.1) is 0 Å². The Hall–Kier alpha value is -0.120. The van der Waals surface area contributed by atoms with Crippen molar-refractivity contribution >= 4 is 0 Å². The standard InChI is InChI=1S/C8H19NO2/c1-7(2,10-5)6-8(3,4)11-9/h6,9H2,1-5H3. The average molecular weight is 161 g/mol. The summed E-state index contributed by atoms with van der Waals surface area (Å²) in [5.41, 5.74) is -0.498. The van der Waals surface area contributed by atoms with Gasteiger partial charge in [0.05, 0.1) is 11.2 Å². The Kier molecular flexibility index (Phi) is 3.48. The summed E-state index contributed by atoms with van der Waals surface area (Å²) in [5, 5.41) is 0. The first-order valence-corrected chi connectivity index (χ1v) is 3.76. The van der Waals surface area contributed by atoms with Crippen molar-refractivity contribution in [2.24, 2.45) is 5.90 Å². The molecule has 0 aliphatic rings. The van der Waals surface area contributed by atoms with Crippen LogP contribution in [0.2, 0.25) is 0 Å². The molecule has 0 aromatic rings. The molecule has 0 fully saturated rings. The third-order valence-corrected chi connectivity index (χ3v) is 1.72. The van der Waals surface area contributed by atoms with Gasteiger partial charge in [0.25, 0.3) is 0 Å². The third-order valence-electron chi connectivity index (χ3n) is 1.72. The van der Waals surface area contributed by atoms with E-state index in [1.54, 1.807) is 7.11 Å². The van der Waals surface area contributed by atoms with Crippen molar-refractivity contribution < 1.29 is 9.57 Å². The maximum atomic E-state index is 5.24. The lowest BCUT2D eigenvalue weighted by molar-refractivity contribution is -0.0886. The number of nitrogens with two attached hydrogens (primary N) is 1. The zero-order valence-corrected chi connectivity index (χ0v) is 8.10. The first kappa shape index (κ1) is 10.9. The minimum absolute atomic E-state index is 0.178. The van der Waals surface area contributed by atoms with Crippen molar-refractivity contribution in [1.29, 1.82) is 0 Å². The topological polar surface area (TPSA) is 44.5 Å². The van der Waals surface area contributed by atoms with E-state index in [1.807, 2.05) is 27.7 Å². The molecule has 0 aromatic heterocycles. The van der Waals surface area contributed by atoms with Crippen LogP contribution in [0.1, 0.15) is 34.1 Å². The monoisotopic (exact) mass is 161 g/mol. The highest BCUT2D eigenvalue weighted by Crippen LogP contribution is 2.24. The van der Waals surface area contributed by atoms with Gasteiger partial charge in [0.15, 0.2) is 0 Å². The van der Waals surface area contributed by atoms with E-state index in [4.69, 9.17) is 15.5 Å². The van der Waals surface area contributed by atoms with Crippen LogP contribution in [-0.4, -0.2) is 18.3 Å². The van der Waals surface area contributed by atoms with E-state index in [-0.39, 0.29) is 11.2 Å². The second-order valence-electron chi connectivity index (χ2n) is 4.02. The highest BCUT2D eigenvalue weighted by molar-refractivity contribution is 4.79. The summed E-state index contributed by atoms with van der Waals surface area (Å²) in [6.07, 6.45) is 0.771. The van der Waals surface area contributed by atoms with Crippen molar-refractivity contribution in [2.75, 3.05) is 7.11 Å². The van der Waals surface area contributed by atoms with Crippen molar-refractivity contribution in [3.63, 3.8) is 0 Å². The maximum Gasteiger partial charge on any atom is 0.0865 e. The molecule has 0 aliphatic carbocycles. The minimum Gasteiger partial charge on any atom is -0.379 e. The van der Waals surface area contributed by atoms with Crippen LogP contribution in [0.5, 0.6) is 0 Å². The van der Waals surface area contributed by atoms with Crippen LogP contribution < -0.4 is 5.90 Å². The van der Waals surface area contributed by atoms with E-state index in [9.17, 15) is 0 Å². The molecule has 0 heterocycles. The normalized spacial score (nSPS) is 13.6. The fraction of sp³-hybridized carbons (Fsp3) is 1.00. The quantitative estimate of drug-likeness (QED) is 0.635. The Labute approximate surface area is 68.8 Å². The zero-order valence-electron chi connectivity index (χ0n) is 8.10. The first-order chi connectivity index (χ1) is 4.83. The van der Waals surface area contributed by atoms with Gasteiger partial charge in [-0.05, 0) is 27.7 Å². The highest BCUT2D eigenvalue weighted by Gasteiger charge is 2.28. The minimum atomic E-state index is -0.320. The average Bonchev–Trinajstić information content (AvgIpc) is 1.86. The molecule has 0 aliphatic heterocycles. The molecule has 0 radical (unpaired) electrons. The van der Waals surface area contributed by atoms with Gasteiger partial charge in [0.2, 0.25) is 0 Å². The molecule has 0 rings (SSSR count). The Bertz CT molecular complexity index is 107. The fourth-order valence-electron chi connectivity index (χ4n) is 1.14. The van der Waals surface area contributed by atoms with Gasteiger partial charge in [-0.3, -0.25) is 4.84 Å². The van der Waals surface area contributed by atoms with Crippen molar-refractivity contribution in [3.8, 4) is 0 Å². The molecule has 0 saturated carbocycles. The molecule has 0 atom stereocenters. The zero-order chi connectivity index (χ0) is 9.12. The van der Waals surface area contributed by atoms with Crippen molar-refractivity contribution in [2.45, 2.75) is 45.3 Å². The first-order valence-electron chi connectivity index (χ1n) is 3.76. The molecule has 0 bridgehead atoms. The molecular formula is C8H19NO2. The lowest BCUT2D eigenvalue weighted by Crippen LogP contribution is -2.38. The Morgan fingerprint density at radius 2 is 1.55 bits per heavy atom. The van der Waals surface area contributed by atoms with Crippen LogP contribution in [0.15, 0.2) is 0 Å². The van der Waals surface area contributed by atoms with Gasteiger partial charge < -0.3 is 4.74 Å². The van der Waals surface area contributed by atoms with Gasteiger partial charge >= 0.3 is 0 Å². The second-order valence-corrected chi connectivity index (χ2v) is 4.02.